The monoisotopic (exact) mass is 566 g/mol. The van der Waals surface area contributed by atoms with Crippen molar-refractivity contribution in [2.45, 2.75) is 40.0 Å². The van der Waals surface area contributed by atoms with Crippen LogP contribution in [0, 0.1) is 5.82 Å². The van der Waals surface area contributed by atoms with Crippen molar-refractivity contribution in [3.63, 3.8) is 0 Å². The second-order valence-electron chi connectivity index (χ2n) is 9.11. The molecule has 0 amide bonds. The highest BCUT2D eigenvalue weighted by atomic mass is 35.5. The van der Waals surface area contributed by atoms with E-state index in [2.05, 4.69) is 10.3 Å². The van der Waals surface area contributed by atoms with Crippen molar-refractivity contribution in [1.29, 1.82) is 0 Å². The van der Waals surface area contributed by atoms with Crippen molar-refractivity contribution in [3.05, 3.63) is 115 Å². The molecule has 1 N–H and O–H groups in total. The molecule has 0 aliphatic heterocycles. The van der Waals surface area contributed by atoms with Gasteiger partial charge in [0.15, 0.2) is 11.6 Å². The normalized spacial score (nSPS) is 10.9. The van der Waals surface area contributed by atoms with Gasteiger partial charge in [-0.05, 0) is 62.2 Å². The third kappa shape index (κ3) is 6.76. The second-order valence-corrected chi connectivity index (χ2v) is 9.55. The molecule has 0 aliphatic rings. The average Bonchev–Trinajstić information content (AvgIpc) is 2.91. The molecule has 1 aromatic heterocycles. The van der Waals surface area contributed by atoms with Crippen LogP contribution >= 0.6 is 11.6 Å². The van der Waals surface area contributed by atoms with Gasteiger partial charge in [0.05, 0.1) is 31.4 Å². The lowest BCUT2D eigenvalue weighted by molar-refractivity contribution is 0.0525. The molecule has 4 rings (SSSR count). The summed E-state index contributed by atoms with van der Waals surface area (Å²) in [5, 5.41) is 3.41. The van der Waals surface area contributed by atoms with Gasteiger partial charge in [-0.3, -0.25) is 4.57 Å². The van der Waals surface area contributed by atoms with E-state index in [-0.39, 0.29) is 48.7 Å². The fraction of sp³-hybridized carbons (Fsp3) is 0.241. The number of hydrogen-bond acceptors (Lipinski definition) is 7. The molecule has 208 valence electrons. The van der Waals surface area contributed by atoms with Crippen LogP contribution in [-0.4, -0.2) is 32.8 Å². The summed E-state index contributed by atoms with van der Waals surface area (Å²) in [6.07, 6.45) is -0.221. The molecule has 0 saturated carbocycles. The molecule has 0 radical (unpaired) electrons. The van der Waals surface area contributed by atoms with E-state index in [9.17, 15) is 18.8 Å². The zero-order valence-electron chi connectivity index (χ0n) is 22.2. The summed E-state index contributed by atoms with van der Waals surface area (Å²) in [5.41, 5.74) is 0.0930. The van der Waals surface area contributed by atoms with E-state index >= 15 is 0 Å². The van der Waals surface area contributed by atoms with Crippen LogP contribution in [0.4, 0.5) is 16.0 Å². The highest BCUT2D eigenvalue weighted by Gasteiger charge is 2.18. The van der Waals surface area contributed by atoms with Crippen LogP contribution in [0.1, 0.15) is 42.3 Å². The van der Waals surface area contributed by atoms with Gasteiger partial charge in [0.2, 0.25) is 5.95 Å². The van der Waals surface area contributed by atoms with Gasteiger partial charge in [-0.15, -0.1) is 0 Å². The summed E-state index contributed by atoms with van der Waals surface area (Å²) in [5.74, 6) is -1.19. The first kappa shape index (κ1) is 28.6. The van der Waals surface area contributed by atoms with E-state index in [1.54, 1.807) is 75.4 Å². The highest BCUT2D eigenvalue weighted by molar-refractivity contribution is 6.30. The van der Waals surface area contributed by atoms with Gasteiger partial charge >= 0.3 is 17.3 Å². The Morgan fingerprint density at radius 2 is 1.75 bits per heavy atom. The number of ether oxygens (including phenoxy) is 2. The first-order chi connectivity index (χ1) is 19.2. The van der Waals surface area contributed by atoms with Crippen molar-refractivity contribution in [2.24, 2.45) is 0 Å². The maximum absolute atomic E-state index is 14.7. The minimum atomic E-state index is -0.848. The number of nitrogens with one attached hydrogen (secondary N) is 1. The molecule has 0 bridgehead atoms. The molecule has 3 aromatic carbocycles. The number of carbonyl (C=O) groups is 1. The third-order valence-electron chi connectivity index (χ3n) is 5.80. The summed E-state index contributed by atoms with van der Waals surface area (Å²) in [6.45, 7) is 5.25. The number of rotatable bonds is 10. The predicted octanol–water partition coefficient (Wildman–Crippen LogP) is 5.00. The standard InChI is InChI=1S/C29H28ClFN4O5/c1-4-39-26(36)23-8-6-5-7-20(23)17-35-28(37)33-27(32-22-13-14-25(24(31)15-22)40-18(2)3)34(29(35)38)16-19-9-11-21(30)12-10-19/h5-15,18H,4,16-17H2,1-3H3,(H,32,33,37). The summed E-state index contributed by atoms with van der Waals surface area (Å²) in [7, 11) is 0. The number of anilines is 2. The van der Waals surface area contributed by atoms with E-state index in [1.807, 2.05) is 0 Å². The largest absolute Gasteiger partial charge is 0.488 e. The maximum atomic E-state index is 14.7. The lowest BCUT2D eigenvalue weighted by atomic mass is 10.1. The third-order valence-corrected chi connectivity index (χ3v) is 6.05. The van der Waals surface area contributed by atoms with Crippen LogP contribution in [0.3, 0.4) is 0 Å². The number of carbonyl (C=O) groups excluding carboxylic acids is 1. The lowest BCUT2D eigenvalue weighted by Crippen LogP contribution is -2.43. The molecule has 4 aromatic rings. The molecule has 40 heavy (non-hydrogen) atoms. The van der Waals surface area contributed by atoms with Gasteiger partial charge in [0, 0.05) is 16.8 Å². The summed E-state index contributed by atoms with van der Waals surface area (Å²) < 4.78 is 27.4. The predicted molar refractivity (Wildman–Crippen MR) is 150 cm³/mol. The Kier molecular flexibility index (Phi) is 9.00. The van der Waals surface area contributed by atoms with Gasteiger partial charge in [-0.1, -0.05) is 41.9 Å². The lowest BCUT2D eigenvalue weighted by Gasteiger charge is -2.17. The SMILES string of the molecule is CCOC(=O)c1ccccc1Cn1c(=O)nc(Nc2ccc(OC(C)C)c(F)c2)n(Cc2ccc(Cl)cc2)c1=O. The van der Waals surface area contributed by atoms with Crippen LogP contribution < -0.4 is 21.4 Å². The topological polar surface area (TPSA) is 104 Å². The minimum absolute atomic E-state index is 0.0299. The highest BCUT2D eigenvalue weighted by Crippen LogP contribution is 2.24. The molecule has 0 spiro atoms. The zero-order chi connectivity index (χ0) is 28.8. The van der Waals surface area contributed by atoms with Crippen molar-refractivity contribution in [3.8, 4) is 5.75 Å². The molecule has 0 unspecified atom stereocenters. The minimum Gasteiger partial charge on any atom is -0.488 e. The molecule has 0 fully saturated rings. The van der Waals surface area contributed by atoms with E-state index < -0.39 is 23.2 Å². The van der Waals surface area contributed by atoms with E-state index in [4.69, 9.17) is 21.1 Å². The first-order valence-electron chi connectivity index (χ1n) is 12.6. The summed E-state index contributed by atoms with van der Waals surface area (Å²) in [4.78, 5) is 43.4. The second kappa shape index (κ2) is 12.6. The summed E-state index contributed by atoms with van der Waals surface area (Å²) in [6, 6.07) is 17.6. The molecular weight excluding hydrogens is 539 g/mol. The quantitative estimate of drug-likeness (QED) is 0.269. The molecule has 9 nitrogen and oxygen atoms in total. The number of halogens is 2. The Hall–Kier alpha value is -4.44. The number of esters is 1. The number of nitrogens with zero attached hydrogens (tertiary/aromatic N) is 3. The van der Waals surface area contributed by atoms with E-state index in [0.29, 0.717) is 16.1 Å². The van der Waals surface area contributed by atoms with Crippen LogP contribution in [0.15, 0.2) is 76.3 Å². The summed E-state index contributed by atoms with van der Waals surface area (Å²) >= 11 is 6.02. The first-order valence-corrected chi connectivity index (χ1v) is 13.0. The molecule has 0 saturated heterocycles. The Balaban J connectivity index is 1.77. The molecule has 0 aliphatic carbocycles. The average molecular weight is 567 g/mol. The van der Waals surface area contributed by atoms with Crippen molar-refractivity contribution < 1.29 is 18.7 Å². The fourth-order valence-electron chi connectivity index (χ4n) is 3.97. The Labute approximate surface area is 234 Å². The van der Waals surface area contributed by atoms with Crippen LogP contribution in [0.2, 0.25) is 5.02 Å². The van der Waals surface area contributed by atoms with Crippen LogP contribution in [-0.2, 0) is 17.8 Å². The van der Waals surface area contributed by atoms with Gasteiger partial charge in [-0.2, -0.15) is 4.98 Å². The molecular formula is C29H28ClFN4O5. The van der Waals surface area contributed by atoms with E-state index in [0.717, 1.165) is 4.57 Å². The molecule has 1 heterocycles. The van der Waals surface area contributed by atoms with Gasteiger partial charge in [-0.25, -0.2) is 23.3 Å². The molecule has 11 heteroatoms. The Morgan fingerprint density at radius 3 is 2.42 bits per heavy atom. The maximum Gasteiger partial charge on any atom is 0.355 e. The smallest absolute Gasteiger partial charge is 0.355 e. The Bertz CT molecular complexity index is 1630. The van der Waals surface area contributed by atoms with Gasteiger partial charge < -0.3 is 14.8 Å². The Morgan fingerprint density at radius 1 is 1.02 bits per heavy atom. The van der Waals surface area contributed by atoms with Crippen molar-refractivity contribution in [1.82, 2.24) is 14.1 Å². The number of hydrogen-bond donors (Lipinski definition) is 1. The van der Waals surface area contributed by atoms with Gasteiger partial charge in [0.25, 0.3) is 0 Å². The van der Waals surface area contributed by atoms with Crippen molar-refractivity contribution >= 4 is 29.2 Å². The number of benzene rings is 3. The van der Waals surface area contributed by atoms with Crippen molar-refractivity contribution in [2.75, 3.05) is 11.9 Å². The van der Waals surface area contributed by atoms with Crippen LogP contribution in [0.25, 0.3) is 0 Å². The van der Waals surface area contributed by atoms with E-state index in [1.165, 1.54) is 16.7 Å². The van der Waals surface area contributed by atoms with Gasteiger partial charge in [0.1, 0.15) is 0 Å². The van der Waals surface area contributed by atoms with Crippen LogP contribution in [0.5, 0.6) is 5.75 Å². The fourth-order valence-corrected chi connectivity index (χ4v) is 4.09. The number of aromatic nitrogens is 3. The zero-order valence-corrected chi connectivity index (χ0v) is 22.9. The molecule has 0 atom stereocenters.